The number of hydrogen-bond acceptors (Lipinski definition) is 3. The van der Waals surface area contributed by atoms with Crippen molar-refractivity contribution in [1.29, 1.82) is 0 Å². The molecular weight excluding hydrogens is 385 g/mol. The van der Waals surface area contributed by atoms with Gasteiger partial charge in [-0.1, -0.05) is 29.8 Å². The quantitative estimate of drug-likeness (QED) is 0.615. The highest BCUT2D eigenvalue weighted by Gasteiger charge is 2.57. The highest BCUT2D eigenvalue weighted by Crippen LogP contribution is 2.40. The third-order valence-corrected chi connectivity index (χ3v) is 4.69. The van der Waals surface area contributed by atoms with Crippen molar-refractivity contribution in [2.24, 2.45) is 7.05 Å². The lowest BCUT2D eigenvalue weighted by Crippen LogP contribution is -2.46. The predicted octanol–water partition coefficient (Wildman–Crippen LogP) is 3.12. The number of halogens is 4. The zero-order valence-corrected chi connectivity index (χ0v) is 14.9. The molecule has 1 aromatic carbocycles. The predicted molar refractivity (Wildman–Crippen MR) is 93.4 cm³/mol. The van der Waals surface area contributed by atoms with E-state index < -0.39 is 36.5 Å². The van der Waals surface area contributed by atoms with Crippen LogP contribution in [0.1, 0.15) is 22.7 Å². The highest BCUT2D eigenvalue weighted by atomic mass is 35.5. The molecule has 0 spiro atoms. The molecule has 2 aromatic heterocycles. The lowest BCUT2D eigenvalue weighted by molar-refractivity contribution is -0.272. The fourth-order valence-corrected chi connectivity index (χ4v) is 3.15. The van der Waals surface area contributed by atoms with Crippen molar-refractivity contribution in [2.45, 2.75) is 18.2 Å². The molecule has 3 aromatic rings. The van der Waals surface area contributed by atoms with Gasteiger partial charge >= 0.3 is 6.18 Å². The number of amides is 1. The fourth-order valence-electron chi connectivity index (χ4n) is 2.85. The number of alkyl halides is 3. The van der Waals surface area contributed by atoms with E-state index in [1.165, 1.54) is 13.2 Å². The minimum Gasteiger partial charge on any atom is -0.374 e. The summed E-state index contributed by atoms with van der Waals surface area (Å²) in [7, 11) is 1.35. The number of nitrogens with one attached hydrogen (secondary N) is 2. The van der Waals surface area contributed by atoms with Crippen molar-refractivity contribution in [1.82, 2.24) is 19.9 Å². The average Bonchev–Trinajstić information content (AvgIpc) is 3.18. The van der Waals surface area contributed by atoms with E-state index in [1.807, 2.05) is 0 Å². The number of fused-ring (bicyclic) bond motifs is 1. The molecule has 0 bridgehead atoms. The third kappa shape index (κ3) is 3.40. The number of H-pyrrole nitrogens is 1. The number of rotatable bonds is 5. The van der Waals surface area contributed by atoms with E-state index in [-0.39, 0.29) is 10.7 Å². The smallest absolute Gasteiger partial charge is 0.374 e. The molecule has 27 heavy (non-hydrogen) atoms. The maximum atomic E-state index is 13.5. The summed E-state index contributed by atoms with van der Waals surface area (Å²) in [6, 6.07) is 6.95. The number of imidazole rings is 1. The summed E-state index contributed by atoms with van der Waals surface area (Å²) in [5, 5.41) is 13.4. The van der Waals surface area contributed by atoms with Crippen LogP contribution in [0.5, 0.6) is 0 Å². The Morgan fingerprint density at radius 2 is 2.07 bits per heavy atom. The molecule has 0 radical (unpaired) electrons. The van der Waals surface area contributed by atoms with Crippen molar-refractivity contribution in [3.8, 4) is 0 Å². The normalized spacial score (nSPS) is 14.3. The Labute approximate surface area is 157 Å². The third-order valence-electron chi connectivity index (χ3n) is 4.30. The van der Waals surface area contributed by atoms with E-state index in [0.29, 0.717) is 10.9 Å². The van der Waals surface area contributed by atoms with Crippen LogP contribution in [-0.4, -0.2) is 38.3 Å². The van der Waals surface area contributed by atoms with E-state index in [2.05, 4.69) is 15.3 Å². The van der Waals surface area contributed by atoms with Crippen molar-refractivity contribution in [3.63, 3.8) is 0 Å². The highest BCUT2D eigenvalue weighted by molar-refractivity contribution is 6.38. The molecule has 0 saturated heterocycles. The number of carbonyl (C=O) groups excluding carboxylic acids is 1. The number of aliphatic hydroxyl groups is 1. The first-order valence-electron chi connectivity index (χ1n) is 7.96. The standard InChI is InChI=1S/C17H16ClF3N4O2/c1-25-9-8-23-15(25)16(27,17(19,20)21)6-7-22-14(26)13-12(18)10-4-2-3-5-11(10)24-13/h2-5,8-9,24,27H,6-7H2,1H3,(H,22,26). The molecule has 0 fully saturated rings. The zero-order chi connectivity index (χ0) is 19.8. The topological polar surface area (TPSA) is 82.9 Å². The van der Waals surface area contributed by atoms with Gasteiger partial charge in [0, 0.05) is 43.3 Å². The summed E-state index contributed by atoms with van der Waals surface area (Å²) in [6.07, 6.45) is -3.30. The van der Waals surface area contributed by atoms with Crippen LogP contribution in [0.4, 0.5) is 13.2 Å². The maximum Gasteiger partial charge on any atom is 0.424 e. The molecule has 3 rings (SSSR count). The van der Waals surface area contributed by atoms with Crippen LogP contribution in [0.2, 0.25) is 5.02 Å². The summed E-state index contributed by atoms with van der Waals surface area (Å²) in [5.41, 5.74) is -2.51. The van der Waals surface area contributed by atoms with Crippen LogP contribution in [-0.2, 0) is 12.6 Å². The molecule has 6 nitrogen and oxygen atoms in total. The van der Waals surface area contributed by atoms with Gasteiger partial charge in [-0.05, 0) is 6.07 Å². The SMILES string of the molecule is Cn1ccnc1C(O)(CCNC(=O)c1[nH]c2ccccc2c1Cl)C(F)(F)F. The lowest BCUT2D eigenvalue weighted by Gasteiger charge is -2.29. The minimum absolute atomic E-state index is 0.0467. The Morgan fingerprint density at radius 3 is 2.67 bits per heavy atom. The second-order valence-corrected chi connectivity index (χ2v) is 6.46. The van der Waals surface area contributed by atoms with Gasteiger partial charge in [-0.15, -0.1) is 0 Å². The van der Waals surface area contributed by atoms with Gasteiger partial charge in [-0.3, -0.25) is 4.79 Å². The molecular formula is C17H16ClF3N4O2. The van der Waals surface area contributed by atoms with Crippen molar-refractivity contribution in [3.05, 3.63) is 53.2 Å². The van der Waals surface area contributed by atoms with E-state index >= 15 is 0 Å². The van der Waals surface area contributed by atoms with Gasteiger partial charge in [-0.2, -0.15) is 13.2 Å². The number of para-hydroxylation sites is 1. The van der Waals surface area contributed by atoms with Crippen LogP contribution in [0.15, 0.2) is 36.7 Å². The van der Waals surface area contributed by atoms with E-state index in [4.69, 9.17) is 11.6 Å². The largest absolute Gasteiger partial charge is 0.424 e. The van der Waals surface area contributed by atoms with Crippen molar-refractivity contribution >= 4 is 28.4 Å². The molecule has 2 heterocycles. The van der Waals surface area contributed by atoms with Crippen LogP contribution in [0.3, 0.4) is 0 Å². The second-order valence-electron chi connectivity index (χ2n) is 6.09. The molecule has 0 aliphatic heterocycles. The number of hydrogen-bond donors (Lipinski definition) is 3. The lowest BCUT2D eigenvalue weighted by atomic mass is 9.97. The molecule has 1 atom stereocenters. The van der Waals surface area contributed by atoms with E-state index in [1.54, 1.807) is 24.3 Å². The number of aromatic nitrogens is 3. The number of benzene rings is 1. The summed E-state index contributed by atoms with van der Waals surface area (Å²) in [4.78, 5) is 18.8. The summed E-state index contributed by atoms with van der Waals surface area (Å²) >= 11 is 6.16. The average molecular weight is 401 g/mol. The molecule has 0 saturated carbocycles. The van der Waals surface area contributed by atoms with Crippen LogP contribution >= 0.6 is 11.6 Å². The van der Waals surface area contributed by atoms with Crippen LogP contribution in [0, 0.1) is 0 Å². The summed E-state index contributed by atoms with van der Waals surface area (Å²) in [6.45, 7) is -0.437. The van der Waals surface area contributed by atoms with Gasteiger partial charge in [0.1, 0.15) is 11.5 Å². The molecule has 144 valence electrons. The number of nitrogens with zero attached hydrogens (tertiary/aromatic N) is 2. The monoisotopic (exact) mass is 400 g/mol. The Morgan fingerprint density at radius 1 is 1.37 bits per heavy atom. The maximum absolute atomic E-state index is 13.5. The molecule has 1 unspecified atom stereocenters. The Hall–Kier alpha value is -2.52. The van der Waals surface area contributed by atoms with Crippen molar-refractivity contribution < 1.29 is 23.1 Å². The Balaban J connectivity index is 1.76. The molecule has 3 N–H and O–H groups in total. The van der Waals surface area contributed by atoms with Gasteiger partial charge in [0.05, 0.1) is 5.02 Å². The van der Waals surface area contributed by atoms with Crippen LogP contribution < -0.4 is 5.32 Å². The van der Waals surface area contributed by atoms with Gasteiger partial charge in [0.2, 0.25) is 5.60 Å². The van der Waals surface area contributed by atoms with Crippen molar-refractivity contribution in [2.75, 3.05) is 6.54 Å². The van der Waals surface area contributed by atoms with E-state index in [9.17, 15) is 23.1 Å². The molecule has 1 amide bonds. The fraction of sp³-hybridized carbons (Fsp3) is 0.294. The van der Waals surface area contributed by atoms with Crippen LogP contribution in [0.25, 0.3) is 10.9 Å². The van der Waals surface area contributed by atoms with E-state index in [0.717, 1.165) is 10.8 Å². The first-order chi connectivity index (χ1) is 12.6. The number of aryl methyl sites for hydroxylation is 1. The minimum atomic E-state index is -4.96. The Kier molecular flexibility index (Phi) is 4.92. The summed E-state index contributed by atoms with van der Waals surface area (Å²) in [5.74, 6) is -1.21. The Bertz CT molecular complexity index is 982. The second kappa shape index (κ2) is 6.90. The molecule has 0 aliphatic carbocycles. The zero-order valence-electron chi connectivity index (χ0n) is 14.1. The molecule has 0 aliphatic rings. The first kappa shape index (κ1) is 19.2. The van der Waals surface area contributed by atoms with Gasteiger partial charge < -0.3 is 20.0 Å². The first-order valence-corrected chi connectivity index (χ1v) is 8.34. The van der Waals surface area contributed by atoms with Gasteiger partial charge in [0.25, 0.3) is 5.91 Å². The summed E-state index contributed by atoms with van der Waals surface area (Å²) < 4.78 is 41.5. The number of aromatic amines is 1. The van der Waals surface area contributed by atoms with Gasteiger partial charge in [-0.25, -0.2) is 4.98 Å². The molecule has 10 heteroatoms. The van der Waals surface area contributed by atoms with Gasteiger partial charge in [0.15, 0.2) is 0 Å². The number of carbonyl (C=O) groups is 1.